The number of nitrogens with one attached hydrogen (secondary N) is 2. The maximum absolute atomic E-state index is 12.0. The molecule has 0 heterocycles. The lowest BCUT2D eigenvalue weighted by atomic mass is 10.2. The molecule has 1 amide bonds. The number of benzene rings is 2. The average Bonchev–Trinajstić information content (AvgIpc) is 2.61. The molecule has 0 saturated carbocycles. The zero-order chi connectivity index (χ0) is 17.4. The van der Waals surface area contributed by atoms with Crippen molar-refractivity contribution >= 4 is 15.9 Å². The Kier molecular flexibility index (Phi) is 6.34. The van der Waals surface area contributed by atoms with E-state index in [4.69, 9.17) is 4.74 Å². The first kappa shape index (κ1) is 18.0. The molecule has 0 aliphatic heterocycles. The zero-order valence-electron chi connectivity index (χ0n) is 13.4. The molecule has 128 valence electrons. The quantitative estimate of drug-likeness (QED) is 0.760. The van der Waals surface area contributed by atoms with E-state index in [2.05, 4.69) is 10.0 Å². The van der Waals surface area contributed by atoms with Gasteiger partial charge in [-0.2, -0.15) is 0 Å². The van der Waals surface area contributed by atoms with Crippen LogP contribution in [0.3, 0.4) is 0 Å². The Morgan fingerprint density at radius 1 is 1.04 bits per heavy atom. The third-order valence-corrected chi connectivity index (χ3v) is 4.84. The van der Waals surface area contributed by atoms with Crippen molar-refractivity contribution in [1.29, 1.82) is 0 Å². The minimum absolute atomic E-state index is 0.0367. The van der Waals surface area contributed by atoms with E-state index in [1.54, 1.807) is 25.3 Å². The van der Waals surface area contributed by atoms with Gasteiger partial charge in [0.05, 0.1) is 12.0 Å². The fourth-order valence-electron chi connectivity index (χ4n) is 2.11. The Bertz CT molecular complexity index is 776. The van der Waals surface area contributed by atoms with Crippen LogP contribution in [0, 0.1) is 0 Å². The minimum atomic E-state index is -3.58. The van der Waals surface area contributed by atoms with Gasteiger partial charge in [0.1, 0.15) is 5.75 Å². The highest BCUT2D eigenvalue weighted by atomic mass is 32.2. The number of sulfonamides is 1. The third-order valence-electron chi connectivity index (χ3n) is 3.37. The summed E-state index contributed by atoms with van der Waals surface area (Å²) in [6.45, 7) is 0.364. The van der Waals surface area contributed by atoms with Gasteiger partial charge in [-0.1, -0.05) is 36.4 Å². The summed E-state index contributed by atoms with van der Waals surface area (Å²) in [5.74, 6) is 0.458. The molecule has 2 rings (SSSR count). The molecule has 6 nitrogen and oxygen atoms in total. The van der Waals surface area contributed by atoms with Crippen LogP contribution < -0.4 is 14.8 Å². The van der Waals surface area contributed by atoms with Gasteiger partial charge in [-0.25, -0.2) is 13.1 Å². The first-order chi connectivity index (χ1) is 11.5. The molecule has 0 unspecified atom stereocenters. The molecule has 0 fully saturated rings. The van der Waals surface area contributed by atoms with Gasteiger partial charge in [-0.15, -0.1) is 0 Å². The van der Waals surface area contributed by atoms with Crippen molar-refractivity contribution in [3.8, 4) is 5.75 Å². The Hall–Kier alpha value is -2.38. The Morgan fingerprint density at radius 3 is 2.42 bits per heavy atom. The molecule has 0 radical (unpaired) electrons. The van der Waals surface area contributed by atoms with Gasteiger partial charge in [0.25, 0.3) is 0 Å². The summed E-state index contributed by atoms with van der Waals surface area (Å²) in [6.07, 6.45) is 0.0568. The third kappa shape index (κ3) is 5.07. The monoisotopic (exact) mass is 348 g/mol. The summed E-state index contributed by atoms with van der Waals surface area (Å²) in [7, 11) is -2.02. The normalized spacial score (nSPS) is 11.0. The van der Waals surface area contributed by atoms with Gasteiger partial charge in [0.15, 0.2) is 0 Å². The molecule has 7 heteroatoms. The molecule has 0 bridgehead atoms. The first-order valence-electron chi connectivity index (χ1n) is 7.46. The summed E-state index contributed by atoms with van der Waals surface area (Å²) in [5, 5.41) is 2.75. The topological polar surface area (TPSA) is 84.5 Å². The number of carbonyl (C=O) groups is 1. The van der Waals surface area contributed by atoms with E-state index in [1.165, 1.54) is 12.1 Å². The standard InChI is InChI=1S/C17H20N2O4S/c1-23-16-10-6-5-7-14(16)13-18-17(20)11-12-19-24(21,22)15-8-3-2-4-9-15/h2-10,19H,11-13H2,1H3,(H,18,20). The molecule has 0 atom stereocenters. The van der Waals surface area contributed by atoms with Crippen molar-refractivity contribution in [3.05, 3.63) is 60.2 Å². The number of hydrogen-bond donors (Lipinski definition) is 2. The number of hydrogen-bond acceptors (Lipinski definition) is 4. The number of ether oxygens (including phenoxy) is 1. The van der Waals surface area contributed by atoms with Crippen molar-refractivity contribution < 1.29 is 17.9 Å². The molecule has 24 heavy (non-hydrogen) atoms. The number of methoxy groups -OCH3 is 1. The van der Waals surface area contributed by atoms with Crippen LogP contribution in [-0.4, -0.2) is 28.0 Å². The molecule has 2 aromatic rings. The maximum Gasteiger partial charge on any atom is 0.240 e. The van der Waals surface area contributed by atoms with Crippen LogP contribution in [0.15, 0.2) is 59.5 Å². The van der Waals surface area contributed by atoms with Crippen LogP contribution in [-0.2, 0) is 21.4 Å². The second-order valence-electron chi connectivity index (χ2n) is 5.05. The summed E-state index contributed by atoms with van der Waals surface area (Å²) < 4.78 is 31.7. The van der Waals surface area contributed by atoms with Crippen LogP contribution in [0.5, 0.6) is 5.75 Å². The first-order valence-corrected chi connectivity index (χ1v) is 8.94. The van der Waals surface area contributed by atoms with Crippen molar-refractivity contribution in [2.24, 2.45) is 0 Å². The van der Waals surface area contributed by atoms with Crippen LogP contribution in [0.25, 0.3) is 0 Å². The van der Waals surface area contributed by atoms with Gasteiger partial charge >= 0.3 is 0 Å². The highest BCUT2D eigenvalue weighted by Crippen LogP contribution is 2.16. The predicted molar refractivity (Wildman–Crippen MR) is 91.1 cm³/mol. The van der Waals surface area contributed by atoms with E-state index < -0.39 is 10.0 Å². The molecule has 0 saturated heterocycles. The van der Waals surface area contributed by atoms with Gasteiger partial charge in [0.2, 0.25) is 15.9 Å². The SMILES string of the molecule is COc1ccccc1CNC(=O)CCNS(=O)(=O)c1ccccc1. The van der Waals surface area contributed by atoms with Crippen molar-refractivity contribution in [2.45, 2.75) is 17.9 Å². The fourth-order valence-corrected chi connectivity index (χ4v) is 3.17. The lowest BCUT2D eigenvalue weighted by molar-refractivity contribution is -0.121. The minimum Gasteiger partial charge on any atom is -0.496 e. The summed E-state index contributed by atoms with van der Waals surface area (Å²) >= 11 is 0. The van der Waals surface area contributed by atoms with E-state index in [1.807, 2.05) is 24.3 Å². The Morgan fingerprint density at radius 2 is 1.71 bits per heavy atom. The number of carbonyl (C=O) groups excluding carboxylic acids is 1. The highest BCUT2D eigenvalue weighted by molar-refractivity contribution is 7.89. The zero-order valence-corrected chi connectivity index (χ0v) is 14.2. The molecule has 0 aliphatic rings. The molecular formula is C17H20N2O4S. The predicted octanol–water partition coefficient (Wildman–Crippen LogP) is 1.68. The van der Waals surface area contributed by atoms with Crippen LogP contribution in [0.4, 0.5) is 0 Å². The van der Waals surface area contributed by atoms with Gasteiger partial charge in [0, 0.05) is 25.1 Å². The molecule has 2 N–H and O–H groups in total. The molecule has 0 aromatic heterocycles. The maximum atomic E-state index is 12.0. The fraction of sp³-hybridized carbons (Fsp3) is 0.235. The number of para-hydroxylation sites is 1. The Balaban J connectivity index is 1.79. The number of amides is 1. The van der Waals surface area contributed by atoms with E-state index >= 15 is 0 Å². The lowest BCUT2D eigenvalue weighted by Gasteiger charge is -2.10. The summed E-state index contributed by atoms with van der Waals surface area (Å²) in [5.41, 5.74) is 0.859. The van der Waals surface area contributed by atoms with Crippen molar-refractivity contribution in [2.75, 3.05) is 13.7 Å². The van der Waals surface area contributed by atoms with Gasteiger partial charge in [-0.3, -0.25) is 4.79 Å². The largest absolute Gasteiger partial charge is 0.496 e. The smallest absolute Gasteiger partial charge is 0.240 e. The Labute approximate surface area is 141 Å². The van der Waals surface area contributed by atoms with Crippen molar-refractivity contribution in [1.82, 2.24) is 10.0 Å². The van der Waals surface area contributed by atoms with E-state index in [0.29, 0.717) is 12.3 Å². The average molecular weight is 348 g/mol. The van der Waals surface area contributed by atoms with Gasteiger partial charge < -0.3 is 10.1 Å². The van der Waals surface area contributed by atoms with E-state index in [0.717, 1.165) is 5.56 Å². The molecular weight excluding hydrogens is 328 g/mol. The molecule has 2 aromatic carbocycles. The second kappa shape index (κ2) is 8.47. The summed E-state index contributed by atoms with van der Waals surface area (Å²) in [6, 6.07) is 15.4. The molecule has 0 spiro atoms. The van der Waals surface area contributed by atoms with Crippen LogP contribution >= 0.6 is 0 Å². The van der Waals surface area contributed by atoms with Crippen LogP contribution in [0.1, 0.15) is 12.0 Å². The lowest BCUT2D eigenvalue weighted by Crippen LogP contribution is -2.30. The highest BCUT2D eigenvalue weighted by Gasteiger charge is 2.13. The van der Waals surface area contributed by atoms with Crippen LogP contribution in [0.2, 0.25) is 0 Å². The number of rotatable bonds is 8. The van der Waals surface area contributed by atoms with E-state index in [-0.39, 0.29) is 23.8 Å². The van der Waals surface area contributed by atoms with Gasteiger partial charge in [-0.05, 0) is 18.2 Å². The molecule has 0 aliphatic carbocycles. The van der Waals surface area contributed by atoms with E-state index in [9.17, 15) is 13.2 Å². The second-order valence-corrected chi connectivity index (χ2v) is 6.82. The summed E-state index contributed by atoms with van der Waals surface area (Å²) in [4.78, 5) is 12.0. The van der Waals surface area contributed by atoms with Crippen molar-refractivity contribution in [3.63, 3.8) is 0 Å².